The second-order valence-electron chi connectivity index (χ2n) is 7.20. The van der Waals surface area contributed by atoms with Crippen molar-refractivity contribution in [1.29, 1.82) is 0 Å². The molecule has 0 unspecified atom stereocenters. The Morgan fingerprint density at radius 2 is 1.90 bits per heavy atom. The van der Waals surface area contributed by atoms with E-state index < -0.39 is 0 Å². The van der Waals surface area contributed by atoms with E-state index in [1.807, 2.05) is 47.4 Å². The standard InChI is InChI=1S/C22H21N5O2/c1-29-16-8-9-19-17(12-16)18-13-23-26-20(18)21(25-19)24-15-6-4-14(5-7-15)22(28)27-10-2-3-11-27/h4-9,12-13H,2-3,10-11H2,1H3,(H,23,26)(H,24,25). The molecule has 0 aliphatic carbocycles. The maximum atomic E-state index is 12.5. The number of benzene rings is 2. The topological polar surface area (TPSA) is 83.1 Å². The Morgan fingerprint density at radius 1 is 1.10 bits per heavy atom. The van der Waals surface area contributed by atoms with Crippen LogP contribution in [0.2, 0.25) is 0 Å². The fourth-order valence-corrected chi connectivity index (χ4v) is 3.83. The average molecular weight is 387 g/mol. The van der Waals surface area contributed by atoms with Gasteiger partial charge in [-0.1, -0.05) is 0 Å². The van der Waals surface area contributed by atoms with E-state index in [0.29, 0.717) is 11.4 Å². The molecule has 1 aliphatic heterocycles. The molecule has 5 rings (SSSR count). The van der Waals surface area contributed by atoms with Crippen molar-refractivity contribution in [3.05, 3.63) is 54.2 Å². The number of carbonyl (C=O) groups excluding carboxylic acids is 1. The second-order valence-corrected chi connectivity index (χ2v) is 7.20. The van der Waals surface area contributed by atoms with Crippen molar-refractivity contribution in [2.45, 2.75) is 12.8 Å². The Hall–Kier alpha value is -3.61. The van der Waals surface area contributed by atoms with Crippen LogP contribution in [0.15, 0.2) is 48.7 Å². The fourth-order valence-electron chi connectivity index (χ4n) is 3.83. The van der Waals surface area contributed by atoms with Crippen LogP contribution in [0.1, 0.15) is 23.2 Å². The number of ether oxygens (including phenoxy) is 1. The Balaban J connectivity index is 1.46. The molecule has 2 aromatic carbocycles. The van der Waals surface area contributed by atoms with E-state index >= 15 is 0 Å². The van der Waals surface area contributed by atoms with Gasteiger partial charge in [-0.3, -0.25) is 9.89 Å². The SMILES string of the molecule is COc1ccc2nc(Nc3ccc(C(=O)N4CCCC4)cc3)c3[nH]ncc3c2c1. The summed E-state index contributed by atoms with van der Waals surface area (Å²) in [6, 6.07) is 13.3. The van der Waals surface area contributed by atoms with Gasteiger partial charge in [-0.15, -0.1) is 0 Å². The number of fused-ring (bicyclic) bond motifs is 3. The number of nitrogens with one attached hydrogen (secondary N) is 2. The first-order chi connectivity index (χ1) is 14.2. The first-order valence-electron chi connectivity index (χ1n) is 9.70. The Morgan fingerprint density at radius 3 is 2.66 bits per heavy atom. The molecule has 1 amide bonds. The van der Waals surface area contributed by atoms with Gasteiger partial charge in [0.15, 0.2) is 5.82 Å². The highest BCUT2D eigenvalue weighted by atomic mass is 16.5. The molecule has 0 spiro atoms. The minimum absolute atomic E-state index is 0.0998. The lowest BCUT2D eigenvalue weighted by atomic mass is 10.1. The van der Waals surface area contributed by atoms with Crippen molar-refractivity contribution in [3.63, 3.8) is 0 Å². The van der Waals surface area contributed by atoms with Gasteiger partial charge in [-0.05, 0) is 55.3 Å². The summed E-state index contributed by atoms with van der Waals surface area (Å²) >= 11 is 0. The minimum atomic E-state index is 0.0998. The van der Waals surface area contributed by atoms with Crippen molar-refractivity contribution < 1.29 is 9.53 Å². The summed E-state index contributed by atoms with van der Waals surface area (Å²) in [6.45, 7) is 1.70. The van der Waals surface area contributed by atoms with Crippen LogP contribution in [0.4, 0.5) is 11.5 Å². The summed E-state index contributed by atoms with van der Waals surface area (Å²) in [5.41, 5.74) is 3.24. The molecule has 146 valence electrons. The van der Waals surface area contributed by atoms with Crippen LogP contribution in [-0.4, -0.2) is 46.2 Å². The van der Waals surface area contributed by atoms with Crippen LogP contribution >= 0.6 is 0 Å². The highest BCUT2D eigenvalue weighted by Gasteiger charge is 2.19. The molecule has 0 saturated carbocycles. The van der Waals surface area contributed by atoms with Crippen molar-refractivity contribution in [2.75, 3.05) is 25.5 Å². The smallest absolute Gasteiger partial charge is 0.253 e. The lowest BCUT2D eigenvalue weighted by molar-refractivity contribution is 0.0793. The fraction of sp³-hybridized carbons (Fsp3) is 0.227. The number of aromatic amines is 1. The molecular formula is C22H21N5O2. The van der Waals surface area contributed by atoms with Gasteiger partial charge in [0.05, 0.1) is 18.8 Å². The van der Waals surface area contributed by atoms with E-state index in [1.165, 1.54) is 0 Å². The number of pyridine rings is 1. The van der Waals surface area contributed by atoms with Crippen LogP contribution < -0.4 is 10.1 Å². The summed E-state index contributed by atoms with van der Waals surface area (Å²) in [4.78, 5) is 19.2. The molecular weight excluding hydrogens is 366 g/mol. The zero-order valence-corrected chi connectivity index (χ0v) is 16.1. The van der Waals surface area contributed by atoms with Crippen LogP contribution in [0, 0.1) is 0 Å². The van der Waals surface area contributed by atoms with Gasteiger partial charge >= 0.3 is 0 Å². The summed E-state index contributed by atoms with van der Waals surface area (Å²) in [7, 11) is 1.65. The molecule has 2 aromatic heterocycles. The van der Waals surface area contributed by atoms with E-state index in [-0.39, 0.29) is 5.91 Å². The van der Waals surface area contributed by atoms with Crippen molar-refractivity contribution >= 4 is 39.2 Å². The van der Waals surface area contributed by atoms with Gasteiger partial charge in [0.1, 0.15) is 11.3 Å². The van der Waals surface area contributed by atoms with Gasteiger partial charge in [0.25, 0.3) is 5.91 Å². The predicted octanol–water partition coefficient (Wildman–Crippen LogP) is 4.10. The third kappa shape index (κ3) is 3.14. The zero-order valence-electron chi connectivity index (χ0n) is 16.1. The monoisotopic (exact) mass is 387 g/mol. The number of hydrogen-bond acceptors (Lipinski definition) is 5. The molecule has 0 radical (unpaired) electrons. The highest BCUT2D eigenvalue weighted by Crippen LogP contribution is 2.31. The number of rotatable bonds is 4. The third-order valence-corrected chi connectivity index (χ3v) is 5.39. The number of methoxy groups -OCH3 is 1. The summed E-state index contributed by atoms with van der Waals surface area (Å²) < 4.78 is 5.34. The van der Waals surface area contributed by atoms with Crippen LogP contribution in [-0.2, 0) is 0 Å². The quantitative estimate of drug-likeness (QED) is 0.551. The summed E-state index contributed by atoms with van der Waals surface area (Å²) in [5, 5.41) is 12.5. The molecule has 0 atom stereocenters. The summed E-state index contributed by atoms with van der Waals surface area (Å²) in [6.07, 6.45) is 3.97. The van der Waals surface area contributed by atoms with Gasteiger partial charge in [-0.2, -0.15) is 5.10 Å². The maximum Gasteiger partial charge on any atom is 0.253 e. The number of H-pyrrole nitrogens is 1. The van der Waals surface area contributed by atoms with Crippen LogP contribution in [0.25, 0.3) is 21.8 Å². The number of carbonyl (C=O) groups is 1. The van der Waals surface area contributed by atoms with Gasteiger partial charge in [-0.25, -0.2) is 4.98 Å². The number of amides is 1. The van der Waals surface area contributed by atoms with E-state index in [0.717, 1.165) is 59.2 Å². The number of aromatic nitrogens is 3. The average Bonchev–Trinajstić information content (AvgIpc) is 3.46. The molecule has 3 heterocycles. The number of likely N-dealkylation sites (tertiary alicyclic amines) is 1. The van der Waals surface area contributed by atoms with Crippen molar-refractivity contribution in [3.8, 4) is 5.75 Å². The Labute approximate surface area is 167 Å². The molecule has 29 heavy (non-hydrogen) atoms. The number of anilines is 2. The summed E-state index contributed by atoms with van der Waals surface area (Å²) in [5.74, 6) is 1.57. The van der Waals surface area contributed by atoms with Crippen molar-refractivity contribution in [2.24, 2.45) is 0 Å². The molecule has 7 heteroatoms. The second kappa shape index (κ2) is 7.09. The zero-order chi connectivity index (χ0) is 19.8. The van der Waals surface area contributed by atoms with E-state index in [1.54, 1.807) is 13.3 Å². The van der Waals surface area contributed by atoms with Gasteiger partial charge in [0, 0.05) is 35.1 Å². The van der Waals surface area contributed by atoms with E-state index in [4.69, 9.17) is 9.72 Å². The lowest BCUT2D eigenvalue weighted by Crippen LogP contribution is -2.27. The first-order valence-corrected chi connectivity index (χ1v) is 9.70. The predicted molar refractivity (Wildman–Crippen MR) is 113 cm³/mol. The number of nitrogens with zero attached hydrogens (tertiary/aromatic N) is 3. The third-order valence-electron chi connectivity index (χ3n) is 5.39. The maximum absolute atomic E-state index is 12.5. The van der Waals surface area contributed by atoms with Crippen molar-refractivity contribution in [1.82, 2.24) is 20.1 Å². The molecule has 1 aliphatic rings. The molecule has 0 bridgehead atoms. The largest absolute Gasteiger partial charge is 0.497 e. The molecule has 4 aromatic rings. The lowest BCUT2D eigenvalue weighted by Gasteiger charge is -2.15. The van der Waals surface area contributed by atoms with Crippen LogP contribution in [0.3, 0.4) is 0 Å². The normalized spacial score (nSPS) is 13.9. The van der Waals surface area contributed by atoms with Crippen LogP contribution in [0.5, 0.6) is 5.75 Å². The Kier molecular flexibility index (Phi) is 4.27. The molecule has 1 fully saturated rings. The minimum Gasteiger partial charge on any atom is -0.497 e. The Bertz CT molecular complexity index is 1190. The van der Waals surface area contributed by atoms with Gasteiger partial charge < -0.3 is 15.0 Å². The number of hydrogen-bond donors (Lipinski definition) is 2. The van der Waals surface area contributed by atoms with E-state index in [2.05, 4.69) is 15.5 Å². The van der Waals surface area contributed by atoms with Gasteiger partial charge in [0.2, 0.25) is 0 Å². The first kappa shape index (κ1) is 17.5. The molecule has 2 N–H and O–H groups in total. The highest BCUT2D eigenvalue weighted by molar-refractivity contribution is 6.09. The molecule has 1 saturated heterocycles. The molecule has 7 nitrogen and oxygen atoms in total. The van der Waals surface area contributed by atoms with E-state index in [9.17, 15) is 4.79 Å².